The highest BCUT2D eigenvalue weighted by molar-refractivity contribution is 6.36. The zero-order valence-corrected chi connectivity index (χ0v) is 23.0. The van der Waals surface area contributed by atoms with Crippen LogP contribution in [0.3, 0.4) is 0 Å². The molecule has 1 heterocycles. The molecular formula is C33H22Cl2N2O4. The van der Waals surface area contributed by atoms with Gasteiger partial charge in [0.25, 0.3) is 17.7 Å². The van der Waals surface area contributed by atoms with Crippen molar-refractivity contribution in [1.29, 1.82) is 0 Å². The molecule has 0 radical (unpaired) electrons. The van der Waals surface area contributed by atoms with E-state index in [0.29, 0.717) is 10.6 Å². The number of rotatable bonds is 5. The Balaban J connectivity index is 1.35. The van der Waals surface area contributed by atoms with Gasteiger partial charge in [0.15, 0.2) is 5.78 Å². The molecule has 4 aromatic carbocycles. The summed E-state index contributed by atoms with van der Waals surface area (Å²) in [4.78, 5) is 56.1. The second-order valence-corrected chi connectivity index (χ2v) is 11.4. The zero-order valence-electron chi connectivity index (χ0n) is 21.5. The summed E-state index contributed by atoms with van der Waals surface area (Å²) in [5.74, 6) is -4.27. The highest BCUT2D eigenvalue weighted by Gasteiger charge is 2.63. The predicted molar refractivity (Wildman–Crippen MR) is 154 cm³/mol. The number of hydrazine groups is 1. The Bertz CT molecular complexity index is 1660. The number of nitrogens with zero attached hydrogens (tertiary/aromatic N) is 2. The molecule has 0 N–H and O–H groups in total. The molecule has 8 heteroatoms. The summed E-state index contributed by atoms with van der Waals surface area (Å²) in [5, 5.41) is 2.24. The number of halogens is 2. The molecule has 0 unspecified atom stereocenters. The van der Waals surface area contributed by atoms with E-state index < -0.39 is 41.9 Å². The van der Waals surface area contributed by atoms with Gasteiger partial charge < -0.3 is 0 Å². The Hall–Kier alpha value is -4.26. The number of amides is 3. The fourth-order valence-electron chi connectivity index (χ4n) is 6.79. The van der Waals surface area contributed by atoms with E-state index in [1.165, 1.54) is 18.2 Å². The maximum Gasteiger partial charge on any atom is 0.274 e. The number of ketones is 1. The minimum atomic E-state index is -0.737. The number of hydrogen-bond acceptors (Lipinski definition) is 4. The molecule has 2 atom stereocenters. The summed E-state index contributed by atoms with van der Waals surface area (Å²) in [6.45, 7) is -0.520. The fourth-order valence-corrected chi connectivity index (χ4v) is 7.28. The van der Waals surface area contributed by atoms with Crippen molar-refractivity contribution in [3.05, 3.63) is 140 Å². The SMILES string of the molecule is O=C(CN(C(=O)c1ccc(Cl)cc1Cl)N1C(=O)[C@@H]2C3c4ccccc4C(c4ccccc43)[C@@H]2C1=O)c1ccccc1. The first-order chi connectivity index (χ1) is 19.9. The van der Waals surface area contributed by atoms with E-state index in [4.69, 9.17) is 23.2 Å². The molecule has 41 heavy (non-hydrogen) atoms. The van der Waals surface area contributed by atoms with E-state index in [1.54, 1.807) is 30.3 Å². The molecule has 2 bridgehead atoms. The Morgan fingerprint density at radius 2 is 1.17 bits per heavy atom. The summed E-state index contributed by atoms with van der Waals surface area (Å²) in [6, 6.07) is 28.6. The quantitative estimate of drug-likeness (QED) is 0.210. The highest BCUT2D eigenvalue weighted by atomic mass is 35.5. The third-order valence-electron chi connectivity index (χ3n) is 8.45. The molecular weight excluding hydrogens is 559 g/mol. The molecule has 0 aromatic heterocycles. The minimum Gasteiger partial charge on any atom is -0.292 e. The standard InChI is InChI=1S/C33H22Cl2N2O4/c34-19-14-15-24(25(35)16-19)31(39)36(17-26(38)18-8-2-1-3-9-18)37-32(40)29-27-20-10-4-5-11-21(20)28(30(29)33(37)41)23-13-7-6-12-22(23)27/h1-16,27-30H,17H2/t27?,28?,29-,30+. The number of Topliss-reactive ketones (excluding diaryl/α,β-unsaturated/α-hetero) is 1. The molecule has 8 rings (SSSR count). The van der Waals surface area contributed by atoms with Crippen molar-refractivity contribution in [2.24, 2.45) is 11.8 Å². The molecule has 3 aliphatic carbocycles. The van der Waals surface area contributed by atoms with Gasteiger partial charge in [-0.05, 0) is 40.5 Å². The van der Waals surface area contributed by atoms with E-state index in [9.17, 15) is 19.2 Å². The largest absolute Gasteiger partial charge is 0.292 e. The van der Waals surface area contributed by atoms with E-state index in [0.717, 1.165) is 32.3 Å². The van der Waals surface area contributed by atoms with Crippen LogP contribution in [0.5, 0.6) is 0 Å². The van der Waals surface area contributed by atoms with Gasteiger partial charge in [-0.25, -0.2) is 5.01 Å². The highest BCUT2D eigenvalue weighted by Crippen LogP contribution is 2.61. The number of imide groups is 1. The lowest BCUT2D eigenvalue weighted by molar-refractivity contribution is -0.154. The Morgan fingerprint density at radius 3 is 1.66 bits per heavy atom. The number of carbonyl (C=O) groups is 4. The number of hydrogen-bond donors (Lipinski definition) is 0. The minimum absolute atomic E-state index is 0.0296. The van der Waals surface area contributed by atoms with Crippen LogP contribution in [-0.2, 0) is 9.59 Å². The molecule has 1 saturated heterocycles. The Labute approximate surface area is 246 Å². The van der Waals surface area contributed by atoms with E-state index in [1.807, 2.05) is 48.5 Å². The van der Waals surface area contributed by atoms with Gasteiger partial charge in [-0.2, -0.15) is 5.01 Å². The topological polar surface area (TPSA) is 74.8 Å². The lowest BCUT2D eigenvalue weighted by Crippen LogP contribution is -2.52. The summed E-state index contributed by atoms with van der Waals surface area (Å²) in [6.07, 6.45) is 0. The summed E-state index contributed by atoms with van der Waals surface area (Å²) < 4.78 is 0. The predicted octanol–water partition coefficient (Wildman–Crippen LogP) is 6.13. The lowest BCUT2D eigenvalue weighted by Gasteiger charge is -2.45. The van der Waals surface area contributed by atoms with Crippen molar-refractivity contribution in [1.82, 2.24) is 10.0 Å². The van der Waals surface area contributed by atoms with Crippen LogP contribution in [0, 0.1) is 11.8 Å². The molecule has 0 spiro atoms. The molecule has 0 saturated carbocycles. The molecule has 202 valence electrons. The molecule has 6 nitrogen and oxygen atoms in total. The molecule has 4 aromatic rings. The average molecular weight is 581 g/mol. The van der Waals surface area contributed by atoms with Crippen molar-refractivity contribution >= 4 is 46.7 Å². The van der Waals surface area contributed by atoms with Crippen molar-refractivity contribution in [3.63, 3.8) is 0 Å². The van der Waals surface area contributed by atoms with Crippen LogP contribution in [0.4, 0.5) is 0 Å². The number of carbonyl (C=O) groups excluding carboxylic acids is 4. The molecule has 1 aliphatic heterocycles. The van der Waals surface area contributed by atoms with Crippen LogP contribution < -0.4 is 0 Å². The van der Waals surface area contributed by atoms with Gasteiger partial charge in [0.1, 0.15) is 6.54 Å². The van der Waals surface area contributed by atoms with E-state index >= 15 is 0 Å². The van der Waals surface area contributed by atoms with Crippen LogP contribution in [-0.4, -0.2) is 40.1 Å². The van der Waals surface area contributed by atoms with Gasteiger partial charge in [-0.3, -0.25) is 19.2 Å². The molecule has 1 fully saturated rings. The first-order valence-corrected chi connectivity index (χ1v) is 14.0. The van der Waals surface area contributed by atoms with Gasteiger partial charge in [-0.15, -0.1) is 0 Å². The second kappa shape index (κ2) is 9.68. The smallest absolute Gasteiger partial charge is 0.274 e. The van der Waals surface area contributed by atoms with Crippen molar-refractivity contribution in [2.75, 3.05) is 6.54 Å². The van der Waals surface area contributed by atoms with Gasteiger partial charge in [0, 0.05) is 22.4 Å². The third-order valence-corrected chi connectivity index (χ3v) is 9.00. The van der Waals surface area contributed by atoms with Crippen LogP contribution in [0.25, 0.3) is 0 Å². The Kier molecular flexibility index (Phi) is 6.07. The van der Waals surface area contributed by atoms with Crippen LogP contribution >= 0.6 is 23.2 Å². The second-order valence-electron chi connectivity index (χ2n) is 10.5. The Morgan fingerprint density at radius 1 is 0.683 bits per heavy atom. The summed E-state index contributed by atoms with van der Waals surface area (Å²) in [7, 11) is 0. The molecule has 3 amide bonds. The fraction of sp³-hybridized carbons (Fsp3) is 0.152. The van der Waals surface area contributed by atoms with Gasteiger partial charge in [0.2, 0.25) is 0 Å². The van der Waals surface area contributed by atoms with Crippen molar-refractivity contribution < 1.29 is 19.2 Å². The average Bonchev–Trinajstić information content (AvgIpc) is 3.26. The van der Waals surface area contributed by atoms with Gasteiger partial charge in [0.05, 0.1) is 22.4 Å². The van der Waals surface area contributed by atoms with Crippen molar-refractivity contribution in [3.8, 4) is 0 Å². The normalized spacial score (nSPS) is 21.8. The van der Waals surface area contributed by atoms with Crippen LogP contribution in [0.2, 0.25) is 10.0 Å². The van der Waals surface area contributed by atoms with Crippen molar-refractivity contribution in [2.45, 2.75) is 11.8 Å². The van der Waals surface area contributed by atoms with E-state index in [-0.39, 0.29) is 22.4 Å². The number of benzene rings is 4. The third kappa shape index (κ3) is 3.85. The zero-order chi connectivity index (χ0) is 28.4. The van der Waals surface area contributed by atoms with Gasteiger partial charge >= 0.3 is 0 Å². The maximum absolute atomic E-state index is 14.3. The monoisotopic (exact) mass is 580 g/mol. The summed E-state index contributed by atoms with van der Waals surface area (Å²) in [5.41, 5.74) is 4.43. The molecule has 4 aliphatic rings. The lowest BCUT2D eigenvalue weighted by atomic mass is 9.55. The first kappa shape index (κ1) is 25.7. The summed E-state index contributed by atoms with van der Waals surface area (Å²) >= 11 is 12.5. The van der Waals surface area contributed by atoms with Crippen LogP contribution in [0.15, 0.2) is 97.1 Å². The van der Waals surface area contributed by atoms with Crippen LogP contribution in [0.1, 0.15) is 54.8 Å². The first-order valence-electron chi connectivity index (χ1n) is 13.3. The maximum atomic E-state index is 14.3. The van der Waals surface area contributed by atoms with Gasteiger partial charge in [-0.1, -0.05) is 102 Å². The van der Waals surface area contributed by atoms with E-state index in [2.05, 4.69) is 0 Å².